The second kappa shape index (κ2) is 4.09. The van der Waals surface area contributed by atoms with E-state index in [1.165, 1.54) is 25.3 Å². The van der Waals surface area contributed by atoms with Crippen LogP contribution in [0.5, 0.6) is 11.5 Å². The molecule has 0 aliphatic rings. The Morgan fingerprint density at radius 3 is 2.47 bits per heavy atom. The number of alkyl halides is 3. The fourth-order valence-electron chi connectivity index (χ4n) is 0.986. The van der Waals surface area contributed by atoms with E-state index in [4.69, 9.17) is 5.26 Å². The third-order valence-electron chi connectivity index (χ3n) is 1.54. The van der Waals surface area contributed by atoms with Crippen molar-refractivity contribution in [1.29, 1.82) is 5.26 Å². The lowest BCUT2D eigenvalue weighted by atomic mass is 10.2. The van der Waals surface area contributed by atoms with Crippen LogP contribution in [-0.4, -0.2) is 13.5 Å². The zero-order chi connectivity index (χ0) is 11.5. The Morgan fingerprint density at radius 1 is 1.33 bits per heavy atom. The molecule has 6 heteroatoms. The molecule has 0 saturated heterocycles. The highest BCUT2D eigenvalue weighted by Crippen LogP contribution is 2.34. The molecule has 0 spiro atoms. The second-order valence-electron chi connectivity index (χ2n) is 2.50. The number of benzene rings is 1. The standard InChI is InChI=1S/C9H6F3NO2/c1-14-7-4-2-3-6(5-13)8(7)15-9(10,11)12/h2-4H,1H3. The molecular formula is C9H6F3NO2. The fourth-order valence-corrected chi connectivity index (χ4v) is 0.986. The van der Waals surface area contributed by atoms with E-state index in [1.54, 1.807) is 6.07 Å². The highest BCUT2D eigenvalue weighted by molar-refractivity contribution is 5.52. The molecule has 1 aromatic carbocycles. The largest absolute Gasteiger partial charge is 0.573 e. The maximum absolute atomic E-state index is 12.0. The van der Waals surface area contributed by atoms with Gasteiger partial charge in [-0.2, -0.15) is 5.26 Å². The van der Waals surface area contributed by atoms with E-state index in [9.17, 15) is 13.2 Å². The smallest absolute Gasteiger partial charge is 0.493 e. The van der Waals surface area contributed by atoms with Crippen molar-refractivity contribution in [3.05, 3.63) is 23.8 Å². The summed E-state index contributed by atoms with van der Waals surface area (Å²) in [4.78, 5) is 0. The van der Waals surface area contributed by atoms with Gasteiger partial charge in [-0.3, -0.25) is 0 Å². The number of nitriles is 1. The SMILES string of the molecule is COc1cccc(C#N)c1OC(F)(F)F. The summed E-state index contributed by atoms with van der Waals surface area (Å²) in [6.45, 7) is 0. The van der Waals surface area contributed by atoms with Gasteiger partial charge in [-0.25, -0.2) is 0 Å². The van der Waals surface area contributed by atoms with E-state index in [-0.39, 0.29) is 11.3 Å². The highest BCUT2D eigenvalue weighted by atomic mass is 19.4. The second-order valence-corrected chi connectivity index (χ2v) is 2.50. The molecule has 0 heterocycles. The fraction of sp³-hybridized carbons (Fsp3) is 0.222. The molecule has 0 aliphatic carbocycles. The lowest BCUT2D eigenvalue weighted by molar-refractivity contribution is -0.275. The molecule has 0 fully saturated rings. The molecule has 0 radical (unpaired) electrons. The van der Waals surface area contributed by atoms with Gasteiger partial charge in [-0.15, -0.1) is 13.2 Å². The number of para-hydroxylation sites is 1. The normalized spacial score (nSPS) is 10.6. The van der Waals surface area contributed by atoms with Crippen LogP contribution in [0.3, 0.4) is 0 Å². The summed E-state index contributed by atoms with van der Waals surface area (Å²) in [7, 11) is 1.19. The van der Waals surface area contributed by atoms with Crippen molar-refractivity contribution in [2.24, 2.45) is 0 Å². The molecule has 0 amide bonds. The van der Waals surface area contributed by atoms with Crippen molar-refractivity contribution < 1.29 is 22.6 Å². The van der Waals surface area contributed by atoms with Gasteiger partial charge < -0.3 is 9.47 Å². The number of nitrogens with zero attached hydrogens (tertiary/aromatic N) is 1. The summed E-state index contributed by atoms with van der Waals surface area (Å²) in [6, 6.07) is 5.48. The van der Waals surface area contributed by atoms with Crippen molar-refractivity contribution in [3.8, 4) is 17.6 Å². The Morgan fingerprint density at radius 2 is 2.00 bits per heavy atom. The zero-order valence-electron chi connectivity index (χ0n) is 7.63. The first-order valence-corrected chi connectivity index (χ1v) is 3.81. The minimum Gasteiger partial charge on any atom is -0.493 e. The minimum absolute atomic E-state index is 0.133. The van der Waals surface area contributed by atoms with Crippen LogP contribution in [0.2, 0.25) is 0 Å². The number of ether oxygens (including phenoxy) is 2. The molecule has 1 aromatic rings. The maximum atomic E-state index is 12.0. The third kappa shape index (κ3) is 2.77. The Balaban J connectivity index is 3.18. The van der Waals surface area contributed by atoms with Crippen LogP contribution in [0.25, 0.3) is 0 Å². The first-order valence-electron chi connectivity index (χ1n) is 3.81. The van der Waals surface area contributed by atoms with E-state index < -0.39 is 12.1 Å². The number of rotatable bonds is 2. The van der Waals surface area contributed by atoms with Crippen LogP contribution in [0.1, 0.15) is 5.56 Å². The summed E-state index contributed by atoms with van der Waals surface area (Å²) < 4.78 is 44.3. The van der Waals surface area contributed by atoms with E-state index >= 15 is 0 Å². The first kappa shape index (κ1) is 11.2. The lowest BCUT2D eigenvalue weighted by Gasteiger charge is -2.13. The molecule has 1 rings (SSSR count). The molecular weight excluding hydrogens is 211 g/mol. The summed E-state index contributed by atoms with van der Waals surface area (Å²) in [5.41, 5.74) is -0.230. The zero-order valence-corrected chi connectivity index (χ0v) is 7.63. The molecule has 0 aliphatic heterocycles. The number of halogens is 3. The average molecular weight is 217 g/mol. The van der Waals surface area contributed by atoms with Gasteiger partial charge in [0.15, 0.2) is 11.5 Å². The van der Waals surface area contributed by atoms with Gasteiger partial charge in [0.05, 0.1) is 12.7 Å². The van der Waals surface area contributed by atoms with Gasteiger partial charge in [0, 0.05) is 0 Å². The first-order chi connectivity index (χ1) is 6.98. The lowest BCUT2D eigenvalue weighted by Crippen LogP contribution is -2.18. The van der Waals surface area contributed by atoms with E-state index in [0.717, 1.165) is 0 Å². The molecule has 0 atom stereocenters. The minimum atomic E-state index is -4.85. The Kier molecular flexibility index (Phi) is 3.04. The molecule has 3 nitrogen and oxygen atoms in total. The Hall–Kier alpha value is -1.90. The number of hydrogen-bond donors (Lipinski definition) is 0. The molecule has 80 valence electrons. The summed E-state index contributed by atoms with van der Waals surface area (Å²) in [6.07, 6.45) is -4.85. The summed E-state index contributed by atoms with van der Waals surface area (Å²) in [5.74, 6) is -0.749. The van der Waals surface area contributed by atoms with Crippen molar-refractivity contribution >= 4 is 0 Å². The van der Waals surface area contributed by atoms with Gasteiger partial charge in [0.25, 0.3) is 0 Å². The summed E-state index contributed by atoms with van der Waals surface area (Å²) in [5, 5.41) is 8.58. The van der Waals surface area contributed by atoms with E-state index in [1.807, 2.05) is 0 Å². The average Bonchev–Trinajstić information content (AvgIpc) is 2.16. The van der Waals surface area contributed by atoms with Crippen LogP contribution in [0.15, 0.2) is 18.2 Å². The third-order valence-corrected chi connectivity index (χ3v) is 1.54. The molecule has 0 unspecified atom stereocenters. The van der Waals surface area contributed by atoms with Gasteiger partial charge in [-0.05, 0) is 12.1 Å². The van der Waals surface area contributed by atoms with Crippen LogP contribution >= 0.6 is 0 Å². The molecule has 0 bridgehead atoms. The number of hydrogen-bond acceptors (Lipinski definition) is 3. The predicted molar refractivity (Wildman–Crippen MR) is 44.4 cm³/mol. The van der Waals surface area contributed by atoms with Crippen LogP contribution in [0.4, 0.5) is 13.2 Å². The highest BCUT2D eigenvalue weighted by Gasteiger charge is 2.33. The predicted octanol–water partition coefficient (Wildman–Crippen LogP) is 2.47. The van der Waals surface area contributed by atoms with Gasteiger partial charge >= 0.3 is 6.36 Å². The molecule has 0 saturated carbocycles. The van der Waals surface area contributed by atoms with Crippen molar-refractivity contribution in [2.45, 2.75) is 6.36 Å². The maximum Gasteiger partial charge on any atom is 0.573 e. The van der Waals surface area contributed by atoms with Crippen molar-refractivity contribution in [3.63, 3.8) is 0 Å². The van der Waals surface area contributed by atoms with Gasteiger partial charge in [0.1, 0.15) is 6.07 Å². The van der Waals surface area contributed by atoms with E-state index in [0.29, 0.717) is 0 Å². The van der Waals surface area contributed by atoms with Crippen molar-refractivity contribution in [2.75, 3.05) is 7.11 Å². The molecule has 0 N–H and O–H groups in total. The monoisotopic (exact) mass is 217 g/mol. The van der Waals surface area contributed by atoms with Gasteiger partial charge in [0.2, 0.25) is 0 Å². The van der Waals surface area contributed by atoms with Gasteiger partial charge in [-0.1, -0.05) is 6.07 Å². The van der Waals surface area contributed by atoms with Crippen LogP contribution in [-0.2, 0) is 0 Å². The van der Waals surface area contributed by atoms with Crippen molar-refractivity contribution in [1.82, 2.24) is 0 Å². The number of methoxy groups -OCH3 is 1. The Bertz CT molecular complexity index is 395. The van der Waals surface area contributed by atoms with Crippen LogP contribution < -0.4 is 9.47 Å². The molecule has 15 heavy (non-hydrogen) atoms. The quantitative estimate of drug-likeness (QED) is 0.764. The molecule has 0 aromatic heterocycles. The van der Waals surface area contributed by atoms with E-state index in [2.05, 4.69) is 9.47 Å². The topological polar surface area (TPSA) is 42.2 Å². The summed E-state index contributed by atoms with van der Waals surface area (Å²) >= 11 is 0. The van der Waals surface area contributed by atoms with Crippen LogP contribution in [0, 0.1) is 11.3 Å². The Labute approximate surface area is 83.6 Å².